The topological polar surface area (TPSA) is 214 Å². The molecule has 12 nitrogen and oxygen atoms in total. The molecule has 0 heterocycles. The van der Waals surface area contributed by atoms with Gasteiger partial charge in [-0.2, -0.15) is 0 Å². The molecule has 0 aliphatic carbocycles. The molecule has 0 aliphatic rings. The number of carbonyl (C=O) groups excluding carboxylic acids is 4. The lowest BCUT2D eigenvalue weighted by Gasteiger charge is -2.25. The van der Waals surface area contributed by atoms with Gasteiger partial charge in [0.15, 0.2) is 0 Å². The quantitative estimate of drug-likeness (QED) is 0.181. The van der Waals surface area contributed by atoms with E-state index in [-0.39, 0.29) is 18.1 Å². The van der Waals surface area contributed by atoms with Crippen LogP contribution in [0, 0.1) is 5.92 Å². The molecule has 5 unspecified atom stereocenters. The number of nitrogens with two attached hydrogens (primary N) is 2. The van der Waals surface area contributed by atoms with Crippen LogP contribution in [0.25, 0.3) is 0 Å². The number of amides is 4. The zero-order valence-electron chi connectivity index (χ0n) is 19.4. The number of carbonyl (C=O) groups is 5. The van der Waals surface area contributed by atoms with Crippen molar-refractivity contribution in [2.45, 2.75) is 64.2 Å². The molecule has 5 atom stereocenters. The van der Waals surface area contributed by atoms with E-state index < -0.39 is 60.2 Å². The molecule has 0 saturated heterocycles. The van der Waals surface area contributed by atoms with Gasteiger partial charge in [0, 0.05) is 6.42 Å². The fourth-order valence-electron chi connectivity index (χ4n) is 2.92. The number of nitrogens with one attached hydrogen (secondary N) is 3. The summed E-state index contributed by atoms with van der Waals surface area (Å²) in [6.45, 7) is 4.87. The van der Waals surface area contributed by atoms with Crippen LogP contribution in [0.3, 0.4) is 0 Å². The average molecular weight is 480 g/mol. The summed E-state index contributed by atoms with van der Waals surface area (Å²) >= 11 is 0. The Morgan fingerprint density at radius 1 is 0.912 bits per heavy atom. The van der Waals surface area contributed by atoms with Gasteiger partial charge in [-0.05, 0) is 30.5 Å². The number of benzene rings is 1. The highest BCUT2D eigenvalue weighted by atomic mass is 16.4. The highest BCUT2D eigenvalue weighted by Gasteiger charge is 2.31. The van der Waals surface area contributed by atoms with Crippen molar-refractivity contribution in [3.63, 3.8) is 0 Å². The zero-order valence-corrected chi connectivity index (χ0v) is 19.4. The number of hydrogen-bond acceptors (Lipinski definition) is 7. The first kappa shape index (κ1) is 28.4. The average Bonchev–Trinajstić information content (AvgIpc) is 2.77. The first-order valence-corrected chi connectivity index (χ1v) is 10.8. The van der Waals surface area contributed by atoms with E-state index in [1.807, 2.05) is 6.92 Å². The molecular weight excluding hydrogens is 446 g/mol. The van der Waals surface area contributed by atoms with E-state index in [9.17, 15) is 29.1 Å². The lowest BCUT2D eigenvalue weighted by Crippen LogP contribution is -2.58. The number of carboxylic acid groups (broad SMARTS) is 1. The Kier molecular flexibility index (Phi) is 11.0. The van der Waals surface area contributed by atoms with Crippen LogP contribution in [0.15, 0.2) is 24.3 Å². The van der Waals surface area contributed by atoms with Crippen molar-refractivity contribution in [1.82, 2.24) is 16.0 Å². The number of rotatable bonds is 13. The van der Waals surface area contributed by atoms with Crippen molar-refractivity contribution < 1.29 is 34.2 Å². The van der Waals surface area contributed by atoms with Crippen LogP contribution in [0.4, 0.5) is 0 Å². The van der Waals surface area contributed by atoms with E-state index in [0.29, 0.717) is 12.0 Å². The van der Waals surface area contributed by atoms with E-state index in [1.54, 1.807) is 19.1 Å². The number of primary amides is 1. The van der Waals surface area contributed by atoms with Gasteiger partial charge in [0.2, 0.25) is 23.6 Å². The minimum atomic E-state index is -1.46. The van der Waals surface area contributed by atoms with Gasteiger partial charge in [0.1, 0.15) is 23.9 Å². The van der Waals surface area contributed by atoms with Crippen molar-refractivity contribution in [2.24, 2.45) is 17.4 Å². The van der Waals surface area contributed by atoms with Crippen molar-refractivity contribution in [1.29, 1.82) is 0 Å². The minimum Gasteiger partial charge on any atom is -0.508 e. The van der Waals surface area contributed by atoms with Crippen LogP contribution in [0.1, 0.15) is 39.2 Å². The van der Waals surface area contributed by atoms with Crippen LogP contribution < -0.4 is 27.4 Å². The summed E-state index contributed by atoms with van der Waals surface area (Å²) in [6.07, 6.45) is 0.0315. The SMILES string of the molecule is CCC(C)C(N)C(=O)NC(Cc1ccc(O)cc1)C(=O)NC(CC(N)=O)C(=O)NC(C)C(=O)O. The van der Waals surface area contributed by atoms with E-state index in [2.05, 4.69) is 16.0 Å². The Hall–Kier alpha value is -3.67. The number of aromatic hydroxyl groups is 1. The maximum atomic E-state index is 13.1. The minimum absolute atomic E-state index is 0.0123. The standard InChI is InChI=1S/C22H33N5O7/c1-4-11(2)18(24)21(32)27-15(9-13-5-7-14(28)8-6-13)20(31)26-16(10-17(23)29)19(30)25-12(3)22(33)34/h5-8,11-12,15-16,18,28H,4,9-10,24H2,1-3H3,(H2,23,29)(H,25,30)(H,26,31)(H,27,32)(H,33,34). The van der Waals surface area contributed by atoms with Crippen molar-refractivity contribution in [3.8, 4) is 5.75 Å². The smallest absolute Gasteiger partial charge is 0.325 e. The molecule has 1 rings (SSSR count). The monoisotopic (exact) mass is 479 g/mol. The van der Waals surface area contributed by atoms with Crippen molar-refractivity contribution in [2.75, 3.05) is 0 Å². The second kappa shape index (κ2) is 13.1. The molecular formula is C22H33N5O7. The molecule has 0 fully saturated rings. The number of phenols is 1. The normalized spacial score (nSPS) is 15.2. The van der Waals surface area contributed by atoms with Gasteiger partial charge in [0.25, 0.3) is 0 Å². The molecule has 4 amide bonds. The number of phenolic OH excluding ortho intramolecular Hbond substituents is 1. The van der Waals surface area contributed by atoms with Crippen LogP contribution in [-0.4, -0.2) is 64.0 Å². The van der Waals surface area contributed by atoms with Gasteiger partial charge in [-0.25, -0.2) is 0 Å². The summed E-state index contributed by atoms with van der Waals surface area (Å²) < 4.78 is 0. The Morgan fingerprint density at radius 2 is 1.44 bits per heavy atom. The predicted octanol–water partition coefficient (Wildman–Crippen LogP) is -1.26. The summed E-state index contributed by atoms with van der Waals surface area (Å²) in [4.78, 5) is 60.7. The molecule has 0 bridgehead atoms. The maximum Gasteiger partial charge on any atom is 0.325 e. The summed E-state index contributed by atoms with van der Waals surface area (Å²) in [5.74, 6) is -4.67. The Bertz CT molecular complexity index is 890. The Balaban J connectivity index is 3.12. The van der Waals surface area contributed by atoms with Gasteiger partial charge in [-0.1, -0.05) is 32.4 Å². The third-order valence-electron chi connectivity index (χ3n) is 5.34. The van der Waals surface area contributed by atoms with Gasteiger partial charge in [-0.3, -0.25) is 24.0 Å². The highest BCUT2D eigenvalue weighted by molar-refractivity contribution is 5.96. The van der Waals surface area contributed by atoms with E-state index in [0.717, 1.165) is 0 Å². The number of hydrogen-bond donors (Lipinski definition) is 7. The summed E-state index contributed by atoms with van der Waals surface area (Å²) in [6, 6.07) is 1.11. The molecule has 0 aliphatic heterocycles. The van der Waals surface area contributed by atoms with Crippen LogP contribution >= 0.6 is 0 Å². The summed E-state index contributed by atoms with van der Waals surface area (Å²) in [5.41, 5.74) is 11.7. The lowest BCUT2D eigenvalue weighted by atomic mass is 9.98. The molecule has 0 radical (unpaired) electrons. The lowest BCUT2D eigenvalue weighted by molar-refractivity contribution is -0.142. The number of carboxylic acids is 1. The molecule has 12 heteroatoms. The molecule has 0 saturated carbocycles. The second-order valence-electron chi connectivity index (χ2n) is 8.14. The molecule has 9 N–H and O–H groups in total. The Labute approximate surface area is 197 Å². The van der Waals surface area contributed by atoms with Crippen molar-refractivity contribution in [3.05, 3.63) is 29.8 Å². The van der Waals surface area contributed by atoms with Gasteiger partial charge in [-0.15, -0.1) is 0 Å². The van der Waals surface area contributed by atoms with E-state index in [4.69, 9.17) is 16.6 Å². The third kappa shape index (κ3) is 9.06. The second-order valence-corrected chi connectivity index (χ2v) is 8.14. The first-order chi connectivity index (χ1) is 15.8. The van der Waals surface area contributed by atoms with Gasteiger partial charge in [0.05, 0.1) is 12.5 Å². The largest absolute Gasteiger partial charge is 0.508 e. The highest BCUT2D eigenvalue weighted by Crippen LogP contribution is 2.13. The Morgan fingerprint density at radius 3 is 1.94 bits per heavy atom. The molecule has 0 aromatic heterocycles. The first-order valence-electron chi connectivity index (χ1n) is 10.8. The van der Waals surface area contributed by atoms with E-state index in [1.165, 1.54) is 19.1 Å². The van der Waals surface area contributed by atoms with Crippen LogP contribution in [0.2, 0.25) is 0 Å². The predicted molar refractivity (Wildman–Crippen MR) is 122 cm³/mol. The molecule has 1 aromatic carbocycles. The number of aliphatic carboxylic acids is 1. The third-order valence-corrected chi connectivity index (χ3v) is 5.34. The fraction of sp³-hybridized carbons (Fsp3) is 0.500. The molecule has 188 valence electrons. The molecule has 1 aromatic rings. The molecule has 34 heavy (non-hydrogen) atoms. The molecule has 0 spiro atoms. The van der Waals surface area contributed by atoms with Crippen molar-refractivity contribution >= 4 is 29.6 Å². The summed E-state index contributed by atoms with van der Waals surface area (Å²) in [7, 11) is 0. The van der Waals surface area contributed by atoms with E-state index >= 15 is 0 Å². The van der Waals surface area contributed by atoms with Crippen LogP contribution in [0.5, 0.6) is 5.75 Å². The van der Waals surface area contributed by atoms with Gasteiger partial charge < -0.3 is 37.6 Å². The zero-order chi connectivity index (χ0) is 26.0. The maximum absolute atomic E-state index is 13.1. The fourth-order valence-corrected chi connectivity index (χ4v) is 2.92. The van der Waals surface area contributed by atoms with Gasteiger partial charge >= 0.3 is 5.97 Å². The summed E-state index contributed by atoms with van der Waals surface area (Å²) in [5, 5.41) is 25.6. The van der Waals surface area contributed by atoms with Crippen LogP contribution in [-0.2, 0) is 30.4 Å².